The third-order valence-electron chi connectivity index (χ3n) is 6.78. The Morgan fingerprint density at radius 3 is 2.38 bits per heavy atom. The fourth-order valence-corrected chi connectivity index (χ4v) is 5.10. The van der Waals surface area contributed by atoms with Crippen LogP contribution in [0.1, 0.15) is 34.5 Å². The van der Waals surface area contributed by atoms with Gasteiger partial charge < -0.3 is 40.1 Å². The van der Waals surface area contributed by atoms with Gasteiger partial charge in [-0.15, -0.1) is 0 Å². The van der Waals surface area contributed by atoms with E-state index in [0.717, 1.165) is 30.3 Å². The number of rotatable bonds is 7. The molecule has 5 amide bonds. The van der Waals surface area contributed by atoms with E-state index >= 15 is 0 Å². The number of urea groups is 1. The summed E-state index contributed by atoms with van der Waals surface area (Å²) >= 11 is 0. The van der Waals surface area contributed by atoms with Crippen LogP contribution < -0.4 is 20.6 Å². The molecule has 2 heterocycles. The first-order valence-corrected chi connectivity index (χ1v) is 14.1. The van der Waals surface area contributed by atoms with Crippen LogP contribution >= 0.6 is 7.60 Å². The smallest absolute Gasteiger partial charge is 0.534 e. The highest BCUT2D eigenvalue weighted by Gasteiger charge is 2.41. The highest BCUT2D eigenvalue weighted by molar-refractivity contribution is 7.60. The quantitative estimate of drug-likeness (QED) is 0.126. The number of carbonyl (C=O) groups is 5. The Bertz CT molecular complexity index is 1500. The fraction of sp³-hybridized carbons (Fsp3) is 0.292. The minimum Gasteiger partial charge on any atom is -0.534 e. The summed E-state index contributed by atoms with van der Waals surface area (Å²) in [6.45, 7) is 1.80. The Hall–Kier alpha value is -4.31. The molecule has 0 aromatic heterocycles. The number of hydrogen-bond donors (Lipinski definition) is 6. The summed E-state index contributed by atoms with van der Waals surface area (Å²) in [5.74, 6) is -7.35. The molecule has 2 aromatic carbocycles. The predicted octanol–water partition coefficient (Wildman–Crippen LogP) is -1.09. The molecule has 0 bridgehead atoms. The molecule has 15 nitrogen and oxygen atoms in total. The average Bonchev–Trinajstić information content (AvgIpc) is 2.93. The van der Waals surface area contributed by atoms with Crippen LogP contribution in [0.25, 0.3) is 0 Å². The number of likely N-dealkylation sites (N-methyl/N-ethyl adjacent to an activating group) is 1. The number of piperazine rings is 1. The lowest BCUT2D eigenvalue weighted by atomic mass is 9.72. The zero-order valence-corrected chi connectivity index (χ0v) is 22.8. The van der Waals surface area contributed by atoms with Crippen molar-refractivity contribution in [3.63, 3.8) is 0 Å². The third kappa shape index (κ3) is 6.13. The molecule has 2 atom stereocenters. The molecule has 222 valence electrons. The number of benzene rings is 2. The van der Waals surface area contributed by atoms with Gasteiger partial charge in [-0.1, -0.05) is 18.2 Å². The first-order chi connectivity index (χ1) is 19.7. The van der Waals surface area contributed by atoms with Gasteiger partial charge in [-0.2, -0.15) is 0 Å². The summed E-state index contributed by atoms with van der Waals surface area (Å²) in [5.41, 5.74) is -0.617. The number of amides is 5. The van der Waals surface area contributed by atoms with Gasteiger partial charge in [0.05, 0.1) is 11.2 Å². The van der Waals surface area contributed by atoms with Gasteiger partial charge >= 0.3 is 38.5 Å². The molecule has 42 heavy (non-hydrogen) atoms. The summed E-state index contributed by atoms with van der Waals surface area (Å²) in [5, 5.41) is 24.3. The minimum absolute atomic E-state index is 0.0193. The molecule has 0 saturated carbocycles. The Labute approximate surface area is 237 Å². The molecular formula is C24H25BFN4O11P. The first-order valence-electron chi connectivity index (χ1n) is 12.5. The molecule has 0 radical (unpaired) electrons. The predicted molar refractivity (Wildman–Crippen MR) is 141 cm³/mol. The SMILES string of the molecule is CCN1CCN(C(=O)NC(C(=O)N[C@H]2Cc3ccc(F)c(C(=O)O)c3OB2O)c2ccc(P(=O)(O)O)cc2)C(=O)C1=O. The third-order valence-corrected chi connectivity index (χ3v) is 7.75. The molecule has 18 heteroatoms. The minimum atomic E-state index is -4.65. The van der Waals surface area contributed by atoms with Crippen LogP contribution in [-0.2, 0) is 25.4 Å². The Morgan fingerprint density at radius 2 is 1.79 bits per heavy atom. The second kappa shape index (κ2) is 11.9. The largest absolute Gasteiger partial charge is 0.547 e. The molecule has 0 aliphatic carbocycles. The van der Waals surface area contributed by atoms with E-state index in [1.165, 1.54) is 11.0 Å². The van der Waals surface area contributed by atoms with Crippen molar-refractivity contribution in [2.45, 2.75) is 25.3 Å². The van der Waals surface area contributed by atoms with E-state index in [4.69, 9.17) is 4.65 Å². The van der Waals surface area contributed by atoms with E-state index < -0.39 is 73.5 Å². The van der Waals surface area contributed by atoms with E-state index in [2.05, 4.69) is 10.6 Å². The van der Waals surface area contributed by atoms with Gasteiger partial charge in [0.15, 0.2) is 0 Å². The van der Waals surface area contributed by atoms with Crippen molar-refractivity contribution >= 4 is 49.7 Å². The van der Waals surface area contributed by atoms with Crippen molar-refractivity contribution < 1.29 is 57.5 Å². The topological polar surface area (TPSA) is 223 Å². The number of nitrogens with one attached hydrogen (secondary N) is 2. The van der Waals surface area contributed by atoms with Crippen molar-refractivity contribution in [2.24, 2.45) is 0 Å². The van der Waals surface area contributed by atoms with Crippen molar-refractivity contribution in [1.82, 2.24) is 20.4 Å². The number of hydrogen-bond acceptors (Lipinski definition) is 8. The maximum atomic E-state index is 14.1. The van der Waals surface area contributed by atoms with Crippen LogP contribution in [0.2, 0.25) is 0 Å². The van der Waals surface area contributed by atoms with E-state index in [0.29, 0.717) is 4.90 Å². The van der Waals surface area contributed by atoms with Gasteiger partial charge in [-0.3, -0.25) is 23.8 Å². The van der Waals surface area contributed by atoms with Crippen molar-refractivity contribution in [3.05, 3.63) is 58.9 Å². The Balaban J connectivity index is 1.60. The normalized spacial score (nSPS) is 17.7. The molecule has 6 N–H and O–H groups in total. The fourth-order valence-electron chi connectivity index (χ4n) is 4.56. The number of imide groups is 1. The zero-order chi connectivity index (χ0) is 30.9. The van der Waals surface area contributed by atoms with E-state index in [-0.39, 0.29) is 42.5 Å². The van der Waals surface area contributed by atoms with Crippen LogP contribution in [0.5, 0.6) is 5.75 Å². The van der Waals surface area contributed by atoms with Gasteiger partial charge in [0.25, 0.3) is 0 Å². The van der Waals surface area contributed by atoms with E-state index in [9.17, 15) is 52.8 Å². The molecule has 2 aliphatic heterocycles. The number of nitrogens with zero attached hydrogens (tertiary/aromatic N) is 2. The van der Waals surface area contributed by atoms with Crippen LogP contribution in [0.3, 0.4) is 0 Å². The monoisotopic (exact) mass is 606 g/mol. The summed E-state index contributed by atoms with van der Waals surface area (Å²) < 4.78 is 30.9. The van der Waals surface area contributed by atoms with Gasteiger partial charge in [0.2, 0.25) is 5.91 Å². The summed E-state index contributed by atoms with van der Waals surface area (Å²) in [4.78, 5) is 83.5. The molecule has 1 unspecified atom stereocenters. The van der Waals surface area contributed by atoms with Crippen LogP contribution in [0.4, 0.5) is 9.18 Å². The molecule has 2 aliphatic rings. The maximum absolute atomic E-state index is 14.1. The zero-order valence-electron chi connectivity index (χ0n) is 21.9. The number of aromatic carboxylic acids is 1. The summed E-state index contributed by atoms with van der Waals surface area (Å²) in [7, 11) is -6.49. The molecular weight excluding hydrogens is 581 g/mol. The number of carboxylic acids is 1. The second-order valence-corrected chi connectivity index (χ2v) is 11.0. The van der Waals surface area contributed by atoms with Crippen molar-refractivity contribution in [1.29, 1.82) is 0 Å². The van der Waals surface area contributed by atoms with Crippen LogP contribution in [-0.4, -0.2) is 92.1 Å². The lowest BCUT2D eigenvalue weighted by Crippen LogP contribution is -2.60. The van der Waals surface area contributed by atoms with Gasteiger partial charge in [0.1, 0.15) is 23.2 Å². The lowest BCUT2D eigenvalue weighted by Gasteiger charge is -2.33. The average molecular weight is 606 g/mol. The molecule has 1 saturated heterocycles. The highest BCUT2D eigenvalue weighted by atomic mass is 31.2. The van der Waals surface area contributed by atoms with E-state index in [1.807, 2.05) is 0 Å². The lowest BCUT2D eigenvalue weighted by molar-refractivity contribution is -0.153. The maximum Gasteiger partial charge on any atom is 0.547 e. The highest BCUT2D eigenvalue weighted by Crippen LogP contribution is 2.34. The first kappa shape index (κ1) is 30.6. The number of fused-ring (bicyclic) bond motifs is 1. The Kier molecular flexibility index (Phi) is 8.68. The van der Waals surface area contributed by atoms with Gasteiger partial charge in [-0.25, -0.2) is 14.0 Å². The number of carbonyl (C=O) groups excluding carboxylic acids is 4. The second-order valence-electron chi connectivity index (χ2n) is 9.40. The molecule has 0 spiro atoms. The summed E-state index contributed by atoms with van der Waals surface area (Å²) in [6, 6.07) is 3.80. The molecule has 2 aromatic rings. The van der Waals surface area contributed by atoms with Crippen molar-refractivity contribution in [3.8, 4) is 5.75 Å². The van der Waals surface area contributed by atoms with Gasteiger partial charge in [0, 0.05) is 19.6 Å². The molecule has 4 rings (SSSR count). The Morgan fingerprint density at radius 1 is 1.12 bits per heavy atom. The van der Waals surface area contributed by atoms with Crippen LogP contribution in [0, 0.1) is 5.82 Å². The summed E-state index contributed by atoms with van der Waals surface area (Å²) in [6.07, 6.45) is -0.202. The standard InChI is InChI=1S/C24H25BFN4O11P/c1-2-29-9-10-30(22(33)21(29)32)24(36)28-18(12-3-6-14(7-4-12)42(38,39)40)20(31)27-16-11-13-5-8-15(26)17(23(34)35)19(13)41-25(16)37/h3-8,16,18,37H,2,9-11H2,1H3,(H,27,31)(H,28,36)(H,34,35)(H2,38,39,40)/t16-,18?/m0/s1. The number of carboxylic acid groups (broad SMARTS) is 1. The van der Waals surface area contributed by atoms with Crippen molar-refractivity contribution in [2.75, 3.05) is 19.6 Å². The number of halogens is 1. The molecule has 1 fully saturated rings. The van der Waals surface area contributed by atoms with E-state index in [1.54, 1.807) is 6.92 Å². The van der Waals surface area contributed by atoms with Crippen LogP contribution in [0.15, 0.2) is 36.4 Å². The van der Waals surface area contributed by atoms with Gasteiger partial charge in [-0.05, 0) is 42.7 Å².